The first-order valence-electron chi connectivity index (χ1n) is 8.60. The van der Waals surface area contributed by atoms with Gasteiger partial charge < -0.3 is 10.2 Å². The molecule has 0 saturated heterocycles. The molecule has 2 unspecified atom stereocenters. The van der Waals surface area contributed by atoms with Crippen LogP contribution in [0.2, 0.25) is 0 Å². The Morgan fingerprint density at radius 1 is 1.92 bits per heavy atom. The van der Waals surface area contributed by atoms with Crippen molar-refractivity contribution < 1.29 is 22.6 Å². The zero-order valence-electron chi connectivity index (χ0n) is 17.1. The molecule has 1 rings (SSSR count). The number of hydrogen-bond acceptors (Lipinski definition) is 2. The lowest BCUT2D eigenvalue weighted by Crippen LogP contribution is -1.95. The van der Waals surface area contributed by atoms with Crippen LogP contribution in [0.3, 0.4) is 0 Å². The summed E-state index contributed by atoms with van der Waals surface area (Å²) in [6.45, 7) is -2.77. The molecule has 0 saturated carbocycles. The van der Waals surface area contributed by atoms with Gasteiger partial charge in [0.1, 0.15) is 5.75 Å². The molecule has 0 radical (unpaired) electrons. The van der Waals surface area contributed by atoms with Crippen LogP contribution in [0.5, 0.6) is 5.75 Å². The normalized spacial score (nSPS) is 31.8. The predicted octanol–water partition coefficient (Wildman–Crippen LogP) is 2.23. The highest BCUT2D eigenvalue weighted by molar-refractivity contribution is 5.28. The number of phenolic OH excluding ortho intramolecular Hbond substituents is 1. The largest absolute Gasteiger partial charge is 0.508 e. The van der Waals surface area contributed by atoms with Gasteiger partial charge in [-0.2, -0.15) is 0 Å². The zero-order valence-corrected chi connectivity index (χ0v) is 6.10. The summed E-state index contributed by atoms with van der Waals surface area (Å²) in [7, 11) is 0. The van der Waals surface area contributed by atoms with E-state index in [0.717, 1.165) is 0 Å². The summed E-state index contributed by atoms with van der Waals surface area (Å²) >= 11 is 0. The molecule has 2 nitrogen and oxygen atoms in total. The van der Waals surface area contributed by atoms with Crippen molar-refractivity contribution in [2.45, 2.75) is 25.7 Å². The summed E-state index contributed by atoms with van der Waals surface area (Å²) in [6.07, 6.45) is -5.32. The van der Waals surface area contributed by atoms with E-state index in [1.54, 1.807) is 0 Å². The van der Waals surface area contributed by atoms with Crippen LogP contribution >= 0.6 is 0 Å². The first kappa shape index (κ1) is 2.26. The molecule has 0 spiro atoms. The first-order valence-corrected chi connectivity index (χ1v) is 3.21. The monoisotopic (exact) mass is 177 g/mol. The Hall–Kier alpha value is -1.02. The molecule has 1 aromatic rings. The Bertz CT molecular complexity index is 587. The fraction of sp³-hybridized carbons (Fsp3) is 0.400. The Balaban J connectivity index is 3.55. The van der Waals surface area contributed by atoms with Gasteiger partial charge in [0.15, 0.2) is 0 Å². The smallest absolute Gasteiger partial charge is 0.293 e. The standard InChI is InChI=1S/C10H14O2/c1-2-4-10(12)8-5-3-6-9(11)7-8/h3,5-7,10-12H,2,4H2,1H3/i1D3,2D,3D,5D,6D,7D,10D,12D/hD. The summed E-state index contributed by atoms with van der Waals surface area (Å²) in [5, 5.41) is 8.27. The van der Waals surface area contributed by atoms with Gasteiger partial charge in [-0.1, -0.05) is 25.3 Å². The Labute approximate surface area is 88.1 Å². The van der Waals surface area contributed by atoms with Crippen LogP contribution in [-0.4, -0.2) is 13.1 Å². The molecule has 2 atom stereocenters. The Morgan fingerprint density at radius 2 is 2.92 bits per heavy atom. The maximum atomic E-state index is 8.06. The van der Waals surface area contributed by atoms with E-state index in [9.17, 15) is 0 Å². The van der Waals surface area contributed by atoms with Gasteiger partial charge in [-0.25, -0.2) is 0 Å². The van der Waals surface area contributed by atoms with Gasteiger partial charge in [-0.05, 0) is 24.1 Å². The van der Waals surface area contributed by atoms with Crippen molar-refractivity contribution in [2.24, 2.45) is 0 Å². The Morgan fingerprint density at radius 3 is 3.67 bits per heavy atom. The second-order valence-corrected chi connectivity index (χ2v) is 2.04. The first-order chi connectivity index (χ1) is 10.4. The van der Waals surface area contributed by atoms with E-state index in [2.05, 4.69) is 10.2 Å². The van der Waals surface area contributed by atoms with Gasteiger partial charge in [-0.15, -0.1) is 0 Å². The second-order valence-electron chi connectivity index (χ2n) is 2.04. The molecular formula is C10H14O2. The van der Waals surface area contributed by atoms with Crippen molar-refractivity contribution in [2.75, 3.05) is 0 Å². The highest BCUT2D eigenvalue weighted by Gasteiger charge is 2.05. The summed E-state index contributed by atoms with van der Waals surface area (Å²) < 4.78 is 81.6. The molecule has 0 heterocycles. The van der Waals surface area contributed by atoms with Crippen molar-refractivity contribution in [3.8, 4) is 5.75 Å². The number of phenols is 1. The lowest BCUT2D eigenvalue weighted by atomic mass is 10.1. The van der Waals surface area contributed by atoms with Crippen molar-refractivity contribution in [1.29, 1.82) is 2.86 Å². The van der Waals surface area contributed by atoms with Gasteiger partial charge >= 0.3 is 0 Å². The third-order valence-corrected chi connectivity index (χ3v) is 1.17. The van der Waals surface area contributed by atoms with Crippen LogP contribution in [0.15, 0.2) is 24.2 Å². The average molecular weight is 177 g/mol. The van der Waals surface area contributed by atoms with E-state index in [0.29, 0.717) is 0 Å². The number of benzene rings is 1. The molecule has 2 N–H and O–H groups in total. The van der Waals surface area contributed by atoms with Gasteiger partial charge in [0.05, 0.1) is 12.9 Å². The van der Waals surface area contributed by atoms with E-state index in [4.69, 9.17) is 15.2 Å². The van der Waals surface area contributed by atoms with Gasteiger partial charge in [0.2, 0.25) is 1.43 Å². The highest BCUT2D eigenvalue weighted by atomic mass is 16.3. The SMILES string of the molecule is [2H]Oc1c([2H])c([2H])c([2H])c(C([2H])(CC([2H])C([2H])([2H])[2H])O[2H])c1[2H]. The van der Waals surface area contributed by atoms with E-state index < -0.39 is 61.2 Å². The van der Waals surface area contributed by atoms with E-state index in [1.165, 1.54) is 0 Å². The van der Waals surface area contributed by atoms with Crippen LogP contribution in [0.4, 0.5) is 0 Å². The van der Waals surface area contributed by atoms with Gasteiger partial charge in [0.25, 0.3) is 1.43 Å². The van der Waals surface area contributed by atoms with Crippen LogP contribution in [0.25, 0.3) is 0 Å². The fourth-order valence-electron chi connectivity index (χ4n) is 0.661. The molecule has 1 aromatic carbocycles. The lowest BCUT2D eigenvalue weighted by Gasteiger charge is -2.08. The molecule has 0 aliphatic rings. The molecule has 0 aliphatic carbocycles. The number of rotatable bonds is 5. The highest BCUT2D eigenvalue weighted by Crippen LogP contribution is 2.21. The molecule has 0 aromatic heterocycles. The molecule has 2 heteroatoms. The van der Waals surface area contributed by atoms with Crippen LogP contribution < -0.4 is 0 Å². The van der Waals surface area contributed by atoms with Crippen molar-refractivity contribution >= 4 is 0 Å². The average Bonchev–Trinajstić information content (AvgIpc) is 2.44. The quantitative estimate of drug-likeness (QED) is 0.724. The maximum Gasteiger partial charge on any atom is 0.293 e. The summed E-state index contributed by atoms with van der Waals surface area (Å²) in [4.78, 5) is 0. The molecule has 0 aliphatic heterocycles. The molecule has 66 valence electrons. The minimum atomic E-state index is -2.77. The van der Waals surface area contributed by atoms with Crippen LogP contribution in [0, 0.1) is 0 Å². The third kappa shape index (κ3) is 2.24. The lowest BCUT2D eigenvalue weighted by molar-refractivity contribution is 0.166. The second kappa shape index (κ2) is 4.12. The van der Waals surface area contributed by atoms with Gasteiger partial charge in [-0.3, -0.25) is 0 Å². The molecule has 0 amide bonds. The minimum absolute atomic E-state index is 0.697. The summed E-state index contributed by atoms with van der Waals surface area (Å²) in [5.41, 5.74) is -0.697. The van der Waals surface area contributed by atoms with Crippen LogP contribution in [0.1, 0.15) is 43.6 Å². The van der Waals surface area contributed by atoms with Crippen molar-refractivity contribution in [1.82, 2.24) is 0 Å². The topological polar surface area (TPSA) is 40.5 Å². The van der Waals surface area contributed by atoms with E-state index >= 15 is 0 Å². The molecule has 12 heavy (non-hydrogen) atoms. The minimum Gasteiger partial charge on any atom is -0.508 e. The van der Waals surface area contributed by atoms with Crippen molar-refractivity contribution in [3.63, 3.8) is 0 Å². The van der Waals surface area contributed by atoms with Crippen molar-refractivity contribution in [3.05, 3.63) is 29.7 Å². The Kier molecular flexibility index (Phi) is 0.777. The number of aliphatic hydroxyl groups is 1. The number of aromatic hydroxyl groups is 1. The summed E-state index contributed by atoms with van der Waals surface area (Å²) in [5.74, 6) is -0.718. The van der Waals surface area contributed by atoms with Gasteiger partial charge in [0, 0.05) is 5.48 Å². The van der Waals surface area contributed by atoms with Crippen LogP contribution in [-0.2, 0) is 0 Å². The maximum absolute atomic E-state index is 8.06. The third-order valence-electron chi connectivity index (χ3n) is 1.17. The molecule has 0 fully saturated rings. The molecular weight excluding hydrogens is 152 g/mol. The van der Waals surface area contributed by atoms with E-state index in [-0.39, 0.29) is 0 Å². The summed E-state index contributed by atoms with van der Waals surface area (Å²) in [6, 6.07) is -3.07. The predicted molar refractivity (Wildman–Crippen MR) is 48.0 cm³/mol. The fourth-order valence-corrected chi connectivity index (χ4v) is 0.661. The number of hydrogen-bond donors (Lipinski definition) is 2. The molecule has 0 bridgehead atoms. The van der Waals surface area contributed by atoms with E-state index in [1.807, 2.05) is 0 Å². The zero-order chi connectivity index (χ0) is 18.2.